The van der Waals surface area contributed by atoms with E-state index in [2.05, 4.69) is 10.6 Å². The minimum absolute atomic E-state index is 0.000461. The van der Waals surface area contributed by atoms with E-state index in [-0.39, 0.29) is 18.5 Å². The zero-order chi connectivity index (χ0) is 13.8. The Kier molecular flexibility index (Phi) is 4.95. The van der Waals surface area contributed by atoms with Crippen molar-refractivity contribution in [3.63, 3.8) is 0 Å². The summed E-state index contributed by atoms with van der Waals surface area (Å²) < 4.78 is 5.17. The van der Waals surface area contributed by atoms with Crippen LogP contribution in [0.2, 0.25) is 0 Å². The number of carboxylic acid groups (broad SMARTS) is 1. The number of aliphatic carboxylic acids is 1. The standard InChI is InChI=1S/C12H22N2O4/c1-12(2,3)18-11(17)14-8-5-4-6-13-9(8)7-10(15)16/h8-9,13H,4-7H2,1-3H3,(H,14,17)(H,15,16)/t8-,9+/m0/s1. The van der Waals surface area contributed by atoms with E-state index in [4.69, 9.17) is 9.84 Å². The highest BCUT2D eigenvalue weighted by Gasteiger charge is 2.29. The molecule has 0 unspecified atom stereocenters. The molecular formula is C12H22N2O4. The van der Waals surface area contributed by atoms with Gasteiger partial charge in [0.15, 0.2) is 0 Å². The molecule has 0 aromatic rings. The fourth-order valence-corrected chi connectivity index (χ4v) is 1.99. The molecule has 0 aromatic heterocycles. The van der Waals surface area contributed by atoms with Crippen LogP contribution in [0, 0.1) is 0 Å². The zero-order valence-corrected chi connectivity index (χ0v) is 11.2. The van der Waals surface area contributed by atoms with Crippen molar-refractivity contribution in [3.05, 3.63) is 0 Å². The van der Waals surface area contributed by atoms with Gasteiger partial charge in [0, 0.05) is 12.1 Å². The van der Waals surface area contributed by atoms with Crippen molar-refractivity contribution in [2.45, 2.75) is 57.7 Å². The Morgan fingerprint density at radius 1 is 1.44 bits per heavy atom. The van der Waals surface area contributed by atoms with Crippen LogP contribution >= 0.6 is 0 Å². The lowest BCUT2D eigenvalue weighted by molar-refractivity contribution is -0.137. The first-order chi connectivity index (χ1) is 8.28. The fourth-order valence-electron chi connectivity index (χ4n) is 1.99. The molecule has 1 fully saturated rings. The smallest absolute Gasteiger partial charge is 0.407 e. The Hall–Kier alpha value is -1.30. The average molecular weight is 258 g/mol. The van der Waals surface area contributed by atoms with Gasteiger partial charge < -0.3 is 20.5 Å². The first kappa shape index (κ1) is 14.8. The van der Waals surface area contributed by atoms with E-state index in [1.165, 1.54) is 0 Å². The van der Waals surface area contributed by atoms with E-state index >= 15 is 0 Å². The predicted molar refractivity (Wildman–Crippen MR) is 66.4 cm³/mol. The van der Waals surface area contributed by atoms with Gasteiger partial charge in [-0.2, -0.15) is 0 Å². The second kappa shape index (κ2) is 6.04. The summed E-state index contributed by atoms with van der Waals surface area (Å²) in [5.41, 5.74) is -0.547. The number of piperidine rings is 1. The van der Waals surface area contributed by atoms with Crippen molar-refractivity contribution in [1.82, 2.24) is 10.6 Å². The normalized spacial score (nSPS) is 24.4. The number of rotatable bonds is 3. The lowest BCUT2D eigenvalue weighted by Gasteiger charge is -2.33. The van der Waals surface area contributed by atoms with Crippen molar-refractivity contribution >= 4 is 12.1 Å². The summed E-state index contributed by atoms with van der Waals surface area (Å²) >= 11 is 0. The Balaban J connectivity index is 2.51. The van der Waals surface area contributed by atoms with Gasteiger partial charge in [-0.3, -0.25) is 4.79 Å². The molecule has 2 atom stereocenters. The monoisotopic (exact) mass is 258 g/mol. The molecule has 6 nitrogen and oxygen atoms in total. The van der Waals surface area contributed by atoms with E-state index in [1.54, 1.807) is 20.8 Å². The first-order valence-corrected chi connectivity index (χ1v) is 6.22. The number of carbonyl (C=O) groups excluding carboxylic acids is 1. The van der Waals surface area contributed by atoms with Crippen molar-refractivity contribution in [1.29, 1.82) is 0 Å². The lowest BCUT2D eigenvalue weighted by Crippen LogP contribution is -2.54. The number of nitrogens with one attached hydrogen (secondary N) is 2. The van der Waals surface area contributed by atoms with Crippen molar-refractivity contribution < 1.29 is 19.4 Å². The Bertz CT molecular complexity index is 312. The van der Waals surface area contributed by atoms with Crippen LogP contribution in [0.4, 0.5) is 4.79 Å². The number of hydrogen-bond donors (Lipinski definition) is 3. The third-order valence-electron chi connectivity index (χ3n) is 2.68. The first-order valence-electron chi connectivity index (χ1n) is 6.22. The molecule has 0 radical (unpaired) electrons. The van der Waals surface area contributed by atoms with Crippen molar-refractivity contribution in [2.75, 3.05) is 6.54 Å². The van der Waals surface area contributed by atoms with E-state index in [0.29, 0.717) is 0 Å². The molecule has 1 aliphatic rings. The van der Waals surface area contributed by atoms with Crippen LogP contribution in [0.25, 0.3) is 0 Å². The maximum atomic E-state index is 11.6. The summed E-state index contributed by atoms with van der Waals surface area (Å²) in [7, 11) is 0. The number of hydrogen-bond acceptors (Lipinski definition) is 4. The minimum Gasteiger partial charge on any atom is -0.481 e. The van der Waals surface area contributed by atoms with Crippen LogP contribution in [0.15, 0.2) is 0 Å². The third-order valence-corrected chi connectivity index (χ3v) is 2.68. The number of amides is 1. The van der Waals surface area contributed by atoms with Crippen LogP contribution in [-0.4, -0.2) is 41.4 Å². The van der Waals surface area contributed by atoms with Gasteiger partial charge in [-0.15, -0.1) is 0 Å². The number of ether oxygens (including phenoxy) is 1. The molecule has 1 aliphatic heterocycles. The maximum absolute atomic E-state index is 11.6. The minimum atomic E-state index is -0.870. The van der Waals surface area contributed by atoms with Crippen LogP contribution in [0.1, 0.15) is 40.0 Å². The highest BCUT2D eigenvalue weighted by molar-refractivity contribution is 5.70. The van der Waals surface area contributed by atoms with Crippen LogP contribution < -0.4 is 10.6 Å². The third kappa shape index (κ3) is 5.35. The van der Waals surface area contributed by atoms with Gasteiger partial charge in [-0.05, 0) is 40.2 Å². The Morgan fingerprint density at radius 2 is 2.11 bits per heavy atom. The average Bonchev–Trinajstić information content (AvgIpc) is 2.17. The summed E-state index contributed by atoms with van der Waals surface area (Å²) in [5.74, 6) is -0.870. The molecule has 0 bridgehead atoms. The number of carboxylic acids is 1. The zero-order valence-electron chi connectivity index (χ0n) is 11.2. The second-order valence-electron chi connectivity index (χ2n) is 5.55. The van der Waals surface area contributed by atoms with Gasteiger partial charge in [0.05, 0.1) is 6.42 Å². The van der Waals surface area contributed by atoms with E-state index in [9.17, 15) is 9.59 Å². The number of carbonyl (C=O) groups is 2. The topological polar surface area (TPSA) is 87.7 Å². The van der Waals surface area contributed by atoms with Crippen LogP contribution in [-0.2, 0) is 9.53 Å². The fraction of sp³-hybridized carbons (Fsp3) is 0.833. The molecule has 1 amide bonds. The quantitative estimate of drug-likeness (QED) is 0.705. The molecule has 0 saturated carbocycles. The molecule has 1 heterocycles. The molecular weight excluding hydrogens is 236 g/mol. The van der Waals surface area contributed by atoms with Crippen LogP contribution in [0.3, 0.4) is 0 Å². The second-order valence-corrected chi connectivity index (χ2v) is 5.55. The molecule has 6 heteroatoms. The Labute approximate surface area is 107 Å². The molecule has 18 heavy (non-hydrogen) atoms. The van der Waals surface area contributed by atoms with Gasteiger partial charge >= 0.3 is 12.1 Å². The van der Waals surface area contributed by atoms with E-state index in [1.807, 2.05) is 0 Å². The maximum Gasteiger partial charge on any atom is 0.407 e. The highest BCUT2D eigenvalue weighted by atomic mass is 16.6. The van der Waals surface area contributed by atoms with Crippen molar-refractivity contribution in [2.24, 2.45) is 0 Å². The highest BCUT2D eigenvalue weighted by Crippen LogP contribution is 2.13. The molecule has 0 aromatic carbocycles. The van der Waals surface area contributed by atoms with Gasteiger partial charge in [-0.25, -0.2) is 4.79 Å². The van der Waals surface area contributed by atoms with Gasteiger partial charge in [0.25, 0.3) is 0 Å². The molecule has 3 N–H and O–H groups in total. The van der Waals surface area contributed by atoms with Gasteiger partial charge in [0.2, 0.25) is 0 Å². The predicted octanol–water partition coefficient (Wildman–Crippen LogP) is 1.11. The SMILES string of the molecule is CC(C)(C)OC(=O)N[C@H]1CCCN[C@@H]1CC(=O)O. The molecule has 1 rings (SSSR count). The molecule has 0 spiro atoms. The van der Waals surface area contributed by atoms with Crippen LogP contribution in [0.5, 0.6) is 0 Å². The number of alkyl carbamates (subject to hydrolysis) is 1. The molecule has 104 valence electrons. The summed E-state index contributed by atoms with van der Waals surface area (Å²) in [4.78, 5) is 22.4. The molecule has 0 aliphatic carbocycles. The van der Waals surface area contributed by atoms with Gasteiger partial charge in [0.1, 0.15) is 5.60 Å². The summed E-state index contributed by atoms with van der Waals surface area (Å²) in [6.45, 7) is 6.16. The largest absolute Gasteiger partial charge is 0.481 e. The summed E-state index contributed by atoms with van der Waals surface area (Å²) in [6.07, 6.45) is 1.19. The van der Waals surface area contributed by atoms with Gasteiger partial charge in [-0.1, -0.05) is 0 Å². The lowest BCUT2D eigenvalue weighted by atomic mass is 9.96. The van der Waals surface area contributed by atoms with Crippen molar-refractivity contribution in [3.8, 4) is 0 Å². The van der Waals surface area contributed by atoms with E-state index in [0.717, 1.165) is 19.4 Å². The summed E-state index contributed by atoms with van der Waals surface area (Å²) in [6, 6.07) is -0.423. The van der Waals surface area contributed by atoms with E-state index < -0.39 is 17.7 Å². The molecule has 1 saturated heterocycles. The Morgan fingerprint density at radius 3 is 2.67 bits per heavy atom. The summed E-state index contributed by atoms with van der Waals surface area (Å²) in [5, 5.41) is 14.7.